The molecule has 2 rings (SSSR count). The number of alkyl halides is 3. The Kier molecular flexibility index (Phi) is 7.64. The Labute approximate surface area is 181 Å². The molecule has 0 aliphatic rings. The molecule has 0 radical (unpaired) electrons. The van der Waals surface area contributed by atoms with Crippen LogP contribution in [0.5, 0.6) is 0 Å². The van der Waals surface area contributed by atoms with Crippen LogP contribution in [-0.2, 0) is 0 Å². The van der Waals surface area contributed by atoms with Crippen molar-refractivity contribution in [1.82, 2.24) is 10.6 Å². The lowest BCUT2D eigenvalue weighted by Gasteiger charge is -2.27. The van der Waals surface area contributed by atoms with Crippen molar-refractivity contribution < 1.29 is 4.79 Å². The second-order valence-electron chi connectivity index (χ2n) is 5.07. The normalized spacial score (nSPS) is 12.2. The molecule has 3 N–H and O–H groups in total. The van der Waals surface area contributed by atoms with E-state index in [1.54, 1.807) is 42.5 Å². The lowest BCUT2D eigenvalue weighted by molar-refractivity contribution is 0.0934. The van der Waals surface area contributed by atoms with E-state index >= 15 is 0 Å². The van der Waals surface area contributed by atoms with E-state index in [0.29, 0.717) is 21.3 Å². The first-order valence-corrected chi connectivity index (χ1v) is 9.41. The van der Waals surface area contributed by atoms with Gasteiger partial charge >= 0.3 is 0 Å². The Hall–Kier alpha value is -0.950. The molecule has 4 nitrogen and oxygen atoms in total. The number of hydrogen-bond donors (Lipinski definition) is 3. The molecule has 26 heavy (non-hydrogen) atoms. The quantitative estimate of drug-likeness (QED) is 0.317. The fourth-order valence-electron chi connectivity index (χ4n) is 1.91. The molecule has 0 saturated heterocycles. The molecule has 2 aromatic carbocycles. The highest BCUT2D eigenvalue weighted by Crippen LogP contribution is 2.29. The van der Waals surface area contributed by atoms with E-state index in [-0.39, 0.29) is 5.11 Å². The molecule has 0 saturated carbocycles. The van der Waals surface area contributed by atoms with Crippen LogP contribution in [0.1, 0.15) is 10.4 Å². The summed E-state index contributed by atoms with van der Waals surface area (Å²) in [5, 5.41) is 9.30. The second kappa shape index (κ2) is 9.31. The van der Waals surface area contributed by atoms with E-state index in [2.05, 4.69) is 16.0 Å². The van der Waals surface area contributed by atoms with Gasteiger partial charge in [-0.25, -0.2) is 0 Å². The van der Waals surface area contributed by atoms with Crippen LogP contribution >= 0.6 is 70.2 Å². The highest BCUT2D eigenvalue weighted by molar-refractivity contribution is 7.80. The average molecular weight is 472 g/mol. The van der Waals surface area contributed by atoms with Gasteiger partial charge in [0, 0.05) is 21.3 Å². The largest absolute Gasteiger partial charge is 0.339 e. The van der Waals surface area contributed by atoms with Gasteiger partial charge in [0.2, 0.25) is 3.79 Å². The van der Waals surface area contributed by atoms with E-state index in [9.17, 15) is 4.79 Å². The van der Waals surface area contributed by atoms with Gasteiger partial charge in [-0.15, -0.1) is 0 Å². The SMILES string of the molecule is O=C(NC(NC(=S)Nc1cccc(Cl)c1)C(Cl)(Cl)Cl)c1cccc(Cl)c1. The second-order valence-corrected chi connectivity index (χ2v) is 8.72. The number of carbonyl (C=O) groups is 1. The van der Waals surface area contributed by atoms with Gasteiger partial charge in [0.1, 0.15) is 6.17 Å². The van der Waals surface area contributed by atoms with Gasteiger partial charge in [0.25, 0.3) is 5.91 Å². The molecule has 0 heterocycles. The number of nitrogens with one attached hydrogen (secondary N) is 3. The highest BCUT2D eigenvalue weighted by atomic mass is 35.6. The zero-order chi connectivity index (χ0) is 19.3. The number of halogens is 5. The third-order valence-electron chi connectivity index (χ3n) is 3.05. The number of carbonyl (C=O) groups excluding carboxylic acids is 1. The van der Waals surface area contributed by atoms with Crippen molar-refractivity contribution in [3.63, 3.8) is 0 Å². The Morgan fingerprint density at radius 3 is 2.15 bits per heavy atom. The third-order valence-corrected chi connectivity index (χ3v) is 4.39. The van der Waals surface area contributed by atoms with Gasteiger partial charge in [-0.1, -0.05) is 70.1 Å². The smallest absolute Gasteiger partial charge is 0.253 e. The van der Waals surface area contributed by atoms with E-state index in [1.165, 1.54) is 6.07 Å². The maximum Gasteiger partial charge on any atom is 0.253 e. The Balaban J connectivity index is 2.07. The zero-order valence-corrected chi connectivity index (χ0v) is 17.5. The van der Waals surface area contributed by atoms with Crippen LogP contribution in [0.15, 0.2) is 48.5 Å². The number of amides is 1. The van der Waals surface area contributed by atoms with Gasteiger partial charge in [-0.2, -0.15) is 0 Å². The minimum Gasteiger partial charge on any atom is -0.339 e. The van der Waals surface area contributed by atoms with Crippen LogP contribution in [0, 0.1) is 0 Å². The van der Waals surface area contributed by atoms with Crippen molar-refractivity contribution in [2.45, 2.75) is 9.96 Å². The van der Waals surface area contributed by atoms with Crippen molar-refractivity contribution in [2.24, 2.45) is 0 Å². The molecule has 0 bridgehead atoms. The number of benzene rings is 2. The number of rotatable bonds is 4. The summed E-state index contributed by atoms with van der Waals surface area (Å²) in [4.78, 5) is 12.4. The summed E-state index contributed by atoms with van der Waals surface area (Å²) < 4.78 is -1.87. The molecule has 2 aromatic rings. The van der Waals surface area contributed by atoms with Gasteiger partial charge < -0.3 is 16.0 Å². The van der Waals surface area contributed by atoms with Gasteiger partial charge in [0.15, 0.2) is 5.11 Å². The molecular weight excluding hydrogens is 460 g/mol. The Bertz CT molecular complexity index is 812. The molecule has 0 aromatic heterocycles. The first-order valence-electron chi connectivity index (χ1n) is 7.11. The standard InChI is InChI=1S/C16H12Cl5N3OS/c17-10-4-1-3-9(7-10)13(25)23-14(16(19,20)21)24-15(26)22-12-6-2-5-11(18)8-12/h1-8,14H,(H,23,25)(H2,22,24,26). The molecule has 0 spiro atoms. The average Bonchev–Trinajstić information content (AvgIpc) is 2.53. The molecule has 0 aliphatic carbocycles. The maximum absolute atomic E-state index is 12.4. The molecule has 1 atom stereocenters. The Morgan fingerprint density at radius 2 is 1.58 bits per heavy atom. The Morgan fingerprint density at radius 1 is 0.962 bits per heavy atom. The summed E-state index contributed by atoms with van der Waals surface area (Å²) in [5.41, 5.74) is 0.950. The van der Waals surface area contributed by atoms with Crippen LogP contribution < -0.4 is 16.0 Å². The van der Waals surface area contributed by atoms with Gasteiger partial charge in [-0.05, 0) is 48.6 Å². The highest BCUT2D eigenvalue weighted by Gasteiger charge is 2.34. The fraction of sp³-hybridized carbons (Fsp3) is 0.125. The van der Waals surface area contributed by atoms with E-state index < -0.39 is 15.9 Å². The zero-order valence-electron chi connectivity index (χ0n) is 12.9. The van der Waals surface area contributed by atoms with E-state index in [0.717, 1.165) is 0 Å². The van der Waals surface area contributed by atoms with Crippen LogP contribution in [0.2, 0.25) is 10.0 Å². The fourth-order valence-corrected chi connectivity index (χ4v) is 2.85. The molecule has 1 amide bonds. The van der Waals surface area contributed by atoms with E-state index in [1.807, 2.05) is 0 Å². The third kappa shape index (κ3) is 6.65. The van der Waals surface area contributed by atoms with Crippen molar-refractivity contribution >= 4 is 86.9 Å². The topological polar surface area (TPSA) is 53.2 Å². The first kappa shape index (κ1) is 21.4. The number of thiocarbonyl (C=S) groups is 1. The van der Waals surface area contributed by atoms with Crippen molar-refractivity contribution in [3.05, 3.63) is 64.1 Å². The van der Waals surface area contributed by atoms with Crippen molar-refractivity contribution in [3.8, 4) is 0 Å². The number of anilines is 1. The monoisotopic (exact) mass is 469 g/mol. The molecule has 1 unspecified atom stereocenters. The summed E-state index contributed by atoms with van der Waals surface area (Å²) in [6.07, 6.45) is -1.10. The van der Waals surface area contributed by atoms with Crippen molar-refractivity contribution in [2.75, 3.05) is 5.32 Å². The summed E-state index contributed by atoms with van der Waals surface area (Å²) >= 11 is 34.9. The lowest BCUT2D eigenvalue weighted by atomic mass is 10.2. The van der Waals surface area contributed by atoms with E-state index in [4.69, 9.17) is 70.2 Å². The maximum atomic E-state index is 12.4. The predicted octanol–water partition coefficient (Wildman–Crippen LogP) is 5.41. The summed E-state index contributed by atoms with van der Waals surface area (Å²) in [6, 6.07) is 13.3. The van der Waals surface area contributed by atoms with Crippen molar-refractivity contribution in [1.29, 1.82) is 0 Å². The predicted molar refractivity (Wildman–Crippen MR) is 114 cm³/mol. The minimum atomic E-state index is -1.87. The molecule has 138 valence electrons. The molecule has 0 fully saturated rings. The first-order chi connectivity index (χ1) is 12.1. The van der Waals surface area contributed by atoms with Crippen LogP contribution in [-0.4, -0.2) is 21.0 Å². The molecule has 0 aliphatic heterocycles. The van der Waals surface area contributed by atoms with Crippen LogP contribution in [0.3, 0.4) is 0 Å². The van der Waals surface area contributed by atoms with Gasteiger partial charge in [-0.3, -0.25) is 4.79 Å². The lowest BCUT2D eigenvalue weighted by Crippen LogP contribution is -2.56. The van der Waals surface area contributed by atoms with Crippen LogP contribution in [0.25, 0.3) is 0 Å². The summed E-state index contributed by atoms with van der Waals surface area (Å²) in [7, 11) is 0. The summed E-state index contributed by atoms with van der Waals surface area (Å²) in [6.45, 7) is 0. The molecule has 10 heteroatoms. The molecular formula is C16H12Cl5N3OS. The summed E-state index contributed by atoms with van der Waals surface area (Å²) in [5.74, 6) is -0.484. The van der Waals surface area contributed by atoms with Gasteiger partial charge in [0.05, 0.1) is 0 Å². The number of hydrogen-bond acceptors (Lipinski definition) is 2. The van der Waals surface area contributed by atoms with Crippen LogP contribution in [0.4, 0.5) is 5.69 Å². The minimum absolute atomic E-state index is 0.134.